The third-order valence-corrected chi connectivity index (χ3v) is 5.88. The van der Waals surface area contributed by atoms with Crippen LogP contribution in [-0.4, -0.2) is 45.8 Å². The number of amides is 2. The predicted molar refractivity (Wildman–Crippen MR) is 109 cm³/mol. The smallest absolute Gasteiger partial charge is 0.235 e. The van der Waals surface area contributed by atoms with Crippen LogP contribution in [-0.2, 0) is 9.59 Å². The van der Waals surface area contributed by atoms with Crippen molar-refractivity contribution in [3.8, 4) is 10.6 Å². The molecule has 0 saturated heterocycles. The van der Waals surface area contributed by atoms with Gasteiger partial charge in [-0.15, -0.1) is 0 Å². The topological polar surface area (TPSA) is 63.2 Å². The SMILES string of the molecule is CSCCC(=O)N(C(=O)CCSC)c1sc(-c2cncc(F)c2)nc1C. The van der Waals surface area contributed by atoms with E-state index >= 15 is 0 Å². The van der Waals surface area contributed by atoms with Crippen molar-refractivity contribution < 1.29 is 14.0 Å². The number of anilines is 1. The largest absolute Gasteiger partial charge is 0.274 e. The first-order valence-electron chi connectivity index (χ1n) is 7.90. The van der Waals surface area contributed by atoms with Crippen LogP contribution in [0.2, 0.25) is 0 Å². The van der Waals surface area contributed by atoms with Gasteiger partial charge in [-0.25, -0.2) is 14.3 Å². The van der Waals surface area contributed by atoms with E-state index in [2.05, 4.69) is 9.97 Å². The average molecular weight is 414 g/mol. The third kappa shape index (κ3) is 5.28. The molecule has 5 nitrogen and oxygen atoms in total. The standard InChI is InChI=1S/C17H20FN3O2S3/c1-11-17(26-16(20-11)12-8-13(18)10-19-9-12)21(14(22)4-6-24-2)15(23)5-7-25-3/h8-10H,4-7H2,1-3H3. The Morgan fingerprint density at radius 3 is 2.31 bits per heavy atom. The molecule has 0 aliphatic rings. The van der Waals surface area contributed by atoms with Crippen LogP contribution in [0.25, 0.3) is 10.6 Å². The van der Waals surface area contributed by atoms with Gasteiger partial charge >= 0.3 is 0 Å². The Morgan fingerprint density at radius 1 is 1.15 bits per heavy atom. The highest BCUT2D eigenvalue weighted by Gasteiger charge is 2.27. The maximum absolute atomic E-state index is 13.4. The van der Waals surface area contributed by atoms with E-state index < -0.39 is 5.82 Å². The van der Waals surface area contributed by atoms with Crippen molar-refractivity contribution in [1.82, 2.24) is 9.97 Å². The monoisotopic (exact) mass is 413 g/mol. The molecule has 2 aromatic heterocycles. The molecular weight excluding hydrogens is 393 g/mol. The van der Waals surface area contributed by atoms with Crippen LogP contribution in [0.5, 0.6) is 0 Å². The summed E-state index contributed by atoms with van der Waals surface area (Å²) in [4.78, 5) is 34.8. The quantitative estimate of drug-likeness (QED) is 0.651. The zero-order valence-corrected chi connectivity index (χ0v) is 17.3. The predicted octanol–water partition coefficient (Wildman–Crippen LogP) is 4.02. The fraction of sp³-hybridized carbons (Fsp3) is 0.412. The number of nitrogens with zero attached hydrogens (tertiary/aromatic N) is 3. The lowest BCUT2D eigenvalue weighted by molar-refractivity contribution is -0.126. The molecule has 140 valence electrons. The van der Waals surface area contributed by atoms with Gasteiger partial charge in [-0.3, -0.25) is 14.6 Å². The lowest BCUT2D eigenvalue weighted by atomic mass is 10.3. The van der Waals surface area contributed by atoms with Gasteiger partial charge in [0, 0.05) is 36.1 Å². The van der Waals surface area contributed by atoms with Crippen LogP contribution in [0.1, 0.15) is 18.5 Å². The molecule has 0 spiro atoms. The minimum absolute atomic E-state index is 0.235. The highest BCUT2D eigenvalue weighted by molar-refractivity contribution is 7.98. The van der Waals surface area contributed by atoms with Gasteiger partial charge in [0.05, 0.1) is 11.9 Å². The molecule has 0 bridgehead atoms. The zero-order chi connectivity index (χ0) is 19.1. The number of carbonyl (C=O) groups excluding carboxylic acids is 2. The van der Waals surface area contributed by atoms with Crippen molar-refractivity contribution in [1.29, 1.82) is 0 Å². The molecule has 0 saturated carbocycles. The fourth-order valence-electron chi connectivity index (χ4n) is 2.22. The maximum Gasteiger partial charge on any atom is 0.235 e. The highest BCUT2D eigenvalue weighted by Crippen LogP contribution is 2.35. The van der Waals surface area contributed by atoms with Crippen molar-refractivity contribution in [2.45, 2.75) is 19.8 Å². The summed E-state index contributed by atoms with van der Waals surface area (Å²) in [6.07, 6.45) is 7.02. The van der Waals surface area contributed by atoms with E-state index in [0.717, 1.165) is 6.20 Å². The summed E-state index contributed by atoms with van der Waals surface area (Å²) < 4.78 is 13.4. The van der Waals surface area contributed by atoms with Gasteiger partial charge in [0.2, 0.25) is 11.8 Å². The Kier molecular flexibility index (Phi) is 8.05. The van der Waals surface area contributed by atoms with Crippen LogP contribution < -0.4 is 4.90 Å². The first-order chi connectivity index (χ1) is 12.5. The zero-order valence-electron chi connectivity index (χ0n) is 14.8. The van der Waals surface area contributed by atoms with Gasteiger partial charge in [-0.1, -0.05) is 11.3 Å². The summed E-state index contributed by atoms with van der Waals surface area (Å²) >= 11 is 4.32. The number of hydrogen-bond donors (Lipinski definition) is 0. The molecule has 0 fully saturated rings. The second-order valence-electron chi connectivity index (χ2n) is 5.41. The van der Waals surface area contributed by atoms with E-state index in [1.807, 2.05) is 12.5 Å². The first kappa shape index (κ1) is 20.9. The summed E-state index contributed by atoms with van der Waals surface area (Å²) in [5, 5.41) is 1.03. The Morgan fingerprint density at radius 2 is 1.77 bits per heavy atom. The minimum Gasteiger partial charge on any atom is -0.274 e. The molecule has 2 heterocycles. The molecule has 0 unspecified atom stereocenters. The van der Waals surface area contributed by atoms with Crippen molar-refractivity contribution in [2.24, 2.45) is 0 Å². The molecule has 0 aromatic carbocycles. The normalized spacial score (nSPS) is 10.8. The van der Waals surface area contributed by atoms with Gasteiger partial charge < -0.3 is 0 Å². The number of rotatable bonds is 8. The molecule has 0 atom stereocenters. The third-order valence-electron chi connectivity index (χ3n) is 3.47. The summed E-state index contributed by atoms with van der Waals surface area (Å²) in [5.74, 6) is 0.357. The van der Waals surface area contributed by atoms with E-state index in [-0.39, 0.29) is 24.7 Å². The van der Waals surface area contributed by atoms with Crippen molar-refractivity contribution in [2.75, 3.05) is 28.9 Å². The molecule has 0 radical (unpaired) electrons. The number of hydrogen-bond acceptors (Lipinski definition) is 7. The molecule has 0 N–H and O–H groups in total. The van der Waals surface area contributed by atoms with Crippen molar-refractivity contribution >= 4 is 51.7 Å². The Bertz CT molecular complexity index is 762. The average Bonchev–Trinajstić information content (AvgIpc) is 3.00. The number of pyridine rings is 1. The van der Waals surface area contributed by atoms with Gasteiger partial charge in [0.1, 0.15) is 15.8 Å². The number of aromatic nitrogens is 2. The van der Waals surface area contributed by atoms with E-state index in [0.29, 0.717) is 32.8 Å². The van der Waals surface area contributed by atoms with Gasteiger partial charge in [-0.2, -0.15) is 23.5 Å². The van der Waals surface area contributed by atoms with Crippen molar-refractivity contribution in [3.63, 3.8) is 0 Å². The Hall–Kier alpha value is -1.45. The number of halogens is 1. The molecule has 2 aromatic rings. The van der Waals surface area contributed by atoms with E-state index in [1.165, 1.54) is 28.5 Å². The number of carbonyl (C=O) groups is 2. The molecule has 0 aliphatic heterocycles. The van der Waals surface area contributed by atoms with E-state index in [9.17, 15) is 14.0 Å². The number of thiazole rings is 1. The van der Waals surface area contributed by atoms with Crippen LogP contribution in [0.15, 0.2) is 18.5 Å². The van der Waals surface area contributed by atoms with E-state index in [4.69, 9.17) is 0 Å². The second-order valence-corrected chi connectivity index (χ2v) is 8.36. The number of aryl methyl sites for hydroxylation is 1. The second kappa shape index (κ2) is 10.0. The lowest BCUT2D eigenvalue weighted by Crippen LogP contribution is -2.37. The molecule has 2 amide bonds. The Balaban J connectivity index is 2.37. The van der Waals surface area contributed by atoms with Crippen LogP contribution >= 0.6 is 34.9 Å². The minimum atomic E-state index is -0.458. The van der Waals surface area contributed by atoms with Gasteiger partial charge in [0.15, 0.2) is 0 Å². The van der Waals surface area contributed by atoms with Gasteiger partial charge in [0.25, 0.3) is 0 Å². The molecule has 2 rings (SSSR count). The number of imide groups is 1. The van der Waals surface area contributed by atoms with Crippen LogP contribution in [0.4, 0.5) is 9.39 Å². The summed E-state index contributed by atoms with van der Waals surface area (Å²) in [6, 6.07) is 1.34. The first-order valence-corrected chi connectivity index (χ1v) is 11.5. The highest BCUT2D eigenvalue weighted by atomic mass is 32.2. The summed E-state index contributed by atoms with van der Waals surface area (Å²) in [7, 11) is 0. The molecule has 9 heteroatoms. The van der Waals surface area contributed by atoms with E-state index in [1.54, 1.807) is 30.4 Å². The van der Waals surface area contributed by atoms with Crippen molar-refractivity contribution in [3.05, 3.63) is 30.0 Å². The molecule has 26 heavy (non-hydrogen) atoms. The number of thioether (sulfide) groups is 2. The summed E-state index contributed by atoms with van der Waals surface area (Å²) in [5.41, 5.74) is 1.10. The molecule has 0 aliphatic carbocycles. The van der Waals surface area contributed by atoms with Gasteiger partial charge in [-0.05, 0) is 25.5 Å². The maximum atomic E-state index is 13.4. The summed E-state index contributed by atoms with van der Waals surface area (Å²) in [6.45, 7) is 1.75. The lowest BCUT2D eigenvalue weighted by Gasteiger charge is -2.19. The van der Waals surface area contributed by atoms with Crippen LogP contribution in [0.3, 0.4) is 0 Å². The van der Waals surface area contributed by atoms with Crippen LogP contribution in [0, 0.1) is 12.7 Å². The Labute approximate surface area is 164 Å². The fourth-order valence-corrected chi connectivity index (χ4v) is 4.06. The molecular formula is C17H20FN3O2S3.